The van der Waals surface area contributed by atoms with Crippen LogP contribution in [0.25, 0.3) is 11.0 Å². The lowest BCUT2D eigenvalue weighted by molar-refractivity contribution is -0.131. The number of ketones is 1. The summed E-state index contributed by atoms with van der Waals surface area (Å²) in [7, 11) is 0. The fourth-order valence-corrected chi connectivity index (χ4v) is 2.28. The van der Waals surface area contributed by atoms with Gasteiger partial charge in [-0.3, -0.25) is 9.59 Å². The third kappa shape index (κ3) is 2.39. The highest BCUT2D eigenvalue weighted by atomic mass is 16.5. The summed E-state index contributed by atoms with van der Waals surface area (Å²) in [6.45, 7) is 4.69. The number of esters is 1. The molecule has 0 unspecified atom stereocenters. The van der Waals surface area contributed by atoms with Crippen LogP contribution in [0.15, 0.2) is 33.3 Å². The number of hydrogen-bond donors (Lipinski definition) is 0. The molecule has 3 aromatic rings. The Morgan fingerprint density at radius 3 is 2.64 bits per heavy atom. The molecular formula is C16H13NO5. The van der Waals surface area contributed by atoms with Gasteiger partial charge < -0.3 is 13.6 Å². The monoisotopic (exact) mass is 299 g/mol. The summed E-state index contributed by atoms with van der Waals surface area (Å²) >= 11 is 0. The maximum absolute atomic E-state index is 12.6. The minimum atomic E-state index is -0.433. The third-order valence-corrected chi connectivity index (χ3v) is 3.16. The molecule has 1 aromatic carbocycles. The van der Waals surface area contributed by atoms with Gasteiger partial charge >= 0.3 is 5.97 Å². The lowest BCUT2D eigenvalue weighted by Gasteiger charge is -2.01. The third-order valence-electron chi connectivity index (χ3n) is 3.16. The molecule has 22 heavy (non-hydrogen) atoms. The Bertz CT molecular complexity index is 887. The van der Waals surface area contributed by atoms with E-state index in [4.69, 9.17) is 13.6 Å². The van der Waals surface area contributed by atoms with Crippen molar-refractivity contribution in [1.82, 2.24) is 4.98 Å². The van der Waals surface area contributed by atoms with Gasteiger partial charge in [-0.25, -0.2) is 4.98 Å². The molecule has 0 atom stereocenters. The van der Waals surface area contributed by atoms with E-state index in [1.165, 1.54) is 13.2 Å². The summed E-state index contributed by atoms with van der Waals surface area (Å²) in [5.41, 5.74) is 1.38. The van der Waals surface area contributed by atoms with Crippen LogP contribution in [0.4, 0.5) is 0 Å². The number of ether oxygens (including phenoxy) is 1. The molecule has 0 bridgehead atoms. The predicted molar refractivity (Wildman–Crippen MR) is 76.9 cm³/mol. The van der Waals surface area contributed by atoms with E-state index in [1.54, 1.807) is 32.0 Å². The second-order valence-corrected chi connectivity index (χ2v) is 4.88. The SMILES string of the molecule is CC(=O)Oc1ccc2occ(C(=O)c3oc(C)nc3C)c2c1. The quantitative estimate of drug-likeness (QED) is 0.419. The first kappa shape index (κ1) is 14.1. The zero-order valence-electron chi connectivity index (χ0n) is 12.3. The average molecular weight is 299 g/mol. The highest BCUT2D eigenvalue weighted by molar-refractivity contribution is 6.15. The van der Waals surface area contributed by atoms with Crippen LogP contribution in [-0.4, -0.2) is 16.7 Å². The first-order valence-corrected chi connectivity index (χ1v) is 6.64. The number of carbonyl (C=O) groups excluding carboxylic acids is 2. The van der Waals surface area contributed by atoms with Gasteiger partial charge in [0.1, 0.15) is 17.6 Å². The van der Waals surface area contributed by atoms with Crippen molar-refractivity contribution in [2.75, 3.05) is 0 Å². The number of fused-ring (bicyclic) bond motifs is 1. The molecular weight excluding hydrogens is 286 g/mol. The summed E-state index contributed by atoms with van der Waals surface area (Å²) in [5.74, 6) is 0.197. The van der Waals surface area contributed by atoms with Gasteiger partial charge in [0.05, 0.1) is 11.3 Å². The van der Waals surface area contributed by atoms with Gasteiger partial charge in [0.25, 0.3) is 0 Å². The topological polar surface area (TPSA) is 82.5 Å². The van der Waals surface area contributed by atoms with Crippen LogP contribution in [0, 0.1) is 13.8 Å². The first-order chi connectivity index (χ1) is 10.5. The maximum atomic E-state index is 12.6. The number of carbonyl (C=O) groups is 2. The van der Waals surface area contributed by atoms with E-state index in [0.29, 0.717) is 33.9 Å². The summed E-state index contributed by atoms with van der Waals surface area (Å²) in [4.78, 5) is 27.7. The van der Waals surface area contributed by atoms with Crippen molar-refractivity contribution in [3.05, 3.63) is 47.4 Å². The number of hydrogen-bond acceptors (Lipinski definition) is 6. The van der Waals surface area contributed by atoms with Crippen molar-refractivity contribution in [1.29, 1.82) is 0 Å². The minimum Gasteiger partial charge on any atom is -0.464 e. The van der Waals surface area contributed by atoms with Crippen LogP contribution >= 0.6 is 0 Å². The Morgan fingerprint density at radius 2 is 2.00 bits per heavy atom. The fraction of sp³-hybridized carbons (Fsp3) is 0.188. The van der Waals surface area contributed by atoms with Gasteiger partial charge in [0, 0.05) is 19.2 Å². The van der Waals surface area contributed by atoms with Gasteiger partial charge in [-0.1, -0.05) is 0 Å². The highest BCUT2D eigenvalue weighted by Crippen LogP contribution is 2.28. The standard InChI is InChI=1S/C16H13NO5/c1-8-16(21-9(2)17-8)15(19)13-7-20-14-5-4-11(6-12(13)14)22-10(3)18/h4-7H,1-3H3. The molecule has 0 saturated carbocycles. The second-order valence-electron chi connectivity index (χ2n) is 4.88. The normalized spacial score (nSPS) is 10.9. The number of rotatable bonds is 3. The van der Waals surface area contributed by atoms with Crippen LogP contribution in [0.3, 0.4) is 0 Å². The lowest BCUT2D eigenvalue weighted by atomic mass is 10.1. The van der Waals surface area contributed by atoms with E-state index in [-0.39, 0.29) is 11.5 Å². The number of nitrogens with zero attached hydrogens (tertiary/aromatic N) is 1. The van der Waals surface area contributed by atoms with Gasteiger partial charge in [-0.15, -0.1) is 0 Å². The number of aromatic nitrogens is 1. The van der Waals surface area contributed by atoms with Gasteiger partial charge in [-0.05, 0) is 25.1 Å². The van der Waals surface area contributed by atoms with E-state index >= 15 is 0 Å². The maximum Gasteiger partial charge on any atom is 0.308 e. The summed E-state index contributed by atoms with van der Waals surface area (Å²) in [6, 6.07) is 4.83. The van der Waals surface area contributed by atoms with Gasteiger partial charge in [-0.2, -0.15) is 0 Å². The molecule has 0 aliphatic heterocycles. The molecule has 2 aromatic heterocycles. The number of aryl methyl sites for hydroxylation is 2. The van der Waals surface area contributed by atoms with Gasteiger partial charge in [0.2, 0.25) is 5.78 Å². The summed E-state index contributed by atoms with van der Waals surface area (Å²) < 4.78 is 15.8. The molecule has 3 rings (SSSR count). The fourth-order valence-electron chi connectivity index (χ4n) is 2.28. The second kappa shape index (κ2) is 5.14. The number of oxazole rings is 1. The van der Waals surface area contributed by atoms with Crippen molar-refractivity contribution >= 4 is 22.7 Å². The van der Waals surface area contributed by atoms with Crippen molar-refractivity contribution in [3.8, 4) is 5.75 Å². The molecule has 6 heteroatoms. The van der Waals surface area contributed by atoms with E-state index in [0.717, 1.165) is 0 Å². The summed E-state index contributed by atoms with van der Waals surface area (Å²) in [5, 5.41) is 0.553. The molecule has 6 nitrogen and oxygen atoms in total. The van der Waals surface area contributed by atoms with E-state index in [1.807, 2.05) is 0 Å². The Kier molecular flexibility index (Phi) is 3.29. The van der Waals surface area contributed by atoms with Crippen LogP contribution < -0.4 is 4.74 Å². The molecule has 0 radical (unpaired) electrons. The molecule has 112 valence electrons. The zero-order valence-corrected chi connectivity index (χ0v) is 12.3. The largest absolute Gasteiger partial charge is 0.464 e. The molecule has 0 saturated heterocycles. The van der Waals surface area contributed by atoms with Crippen LogP contribution in [0.2, 0.25) is 0 Å². The minimum absolute atomic E-state index is 0.179. The molecule has 0 spiro atoms. The molecule has 0 amide bonds. The van der Waals surface area contributed by atoms with Crippen LogP contribution in [0.5, 0.6) is 5.75 Å². The molecule has 0 aliphatic rings. The van der Waals surface area contributed by atoms with Crippen molar-refractivity contribution in [3.63, 3.8) is 0 Å². The van der Waals surface area contributed by atoms with Crippen molar-refractivity contribution in [2.45, 2.75) is 20.8 Å². The molecule has 0 aliphatic carbocycles. The predicted octanol–water partition coefficient (Wildman–Crippen LogP) is 3.19. The smallest absolute Gasteiger partial charge is 0.308 e. The first-order valence-electron chi connectivity index (χ1n) is 6.64. The number of benzene rings is 1. The number of furan rings is 1. The highest BCUT2D eigenvalue weighted by Gasteiger charge is 2.22. The Morgan fingerprint density at radius 1 is 1.23 bits per heavy atom. The van der Waals surface area contributed by atoms with Crippen molar-refractivity contribution < 1.29 is 23.2 Å². The Balaban J connectivity index is 2.08. The lowest BCUT2D eigenvalue weighted by Crippen LogP contribution is -2.02. The van der Waals surface area contributed by atoms with Crippen LogP contribution in [-0.2, 0) is 4.79 Å². The molecule has 0 fully saturated rings. The Hall–Kier alpha value is -2.89. The van der Waals surface area contributed by atoms with Gasteiger partial charge in [0.15, 0.2) is 11.7 Å². The summed E-state index contributed by atoms with van der Waals surface area (Å²) in [6.07, 6.45) is 1.36. The average Bonchev–Trinajstić information content (AvgIpc) is 3.00. The van der Waals surface area contributed by atoms with Crippen molar-refractivity contribution in [2.24, 2.45) is 0 Å². The zero-order chi connectivity index (χ0) is 15.9. The Labute approximate surface area is 125 Å². The van der Waals surface area contributed by atoms with E-state index in [2.05, 4.69) is 4.98 Å². The van der Waals surface area contributed by atoms with E-state index in [9.17, 15) is 9.59 Å². The molecule has 2 heterocycles. The van der Waals surface area contributed by atoms with Crippen LogP contribution in [0.1, 0.15) is 34.6 Å². The molecule has 0 N–H and O–H groups in total. The van der Waals surface area contributed by atoms with E-state index < -0.39 is 5.97 Å².